The smallest absolute Gasteiger partial charge is 0.244 e. The first-order valence-electron chi connectivity index (χ1n) is 8.17. The Labute approximate surface area is 158 Å². The first-order chi connectivity index (χ1) is 12.3. The predicted molar refractivity (Wildman–Crippen MR) is 97.6 cm³/mol. The van der Waals surface area contributed by atoms with Crippen molar-refractivity contribution in [3.05, 3.63) is 23.2 Å². The van der Waals surface area contributed by atoms with Crippen LogP contribution in [0.1, 0.15) is 13.3 Å². The van der Waals surface area contributed by atoms with Crippen LogP contribution in [0.4, 0.5) is 5.69 Å². The third kappa shape index (κ3) is 4.94. The van der Waals surface area contributed by atoms with Crippen molar-refractivity contribution in [1.29, 1.82) is 0 Å². The number of hydrogen-bond donors (Lipinski definition) is 1. The van der Waals surface area contributed by atoms with Gasteiger partial charge in [0.1, 0.15) is 4.90 Å². The fourth-order valence-electron chi connectivity index (χ4n) is 2.48. The number of rotatable bonds is 6. The van der Waals surface area contributed by atoms with Gasteiger partial charge in [0.25, 0.3) is 0 Å². The number of likely N-dealkylation sites (N-methyl/N-ethyl adjacent to an activating group) is 1. The monoisotopic (exact) mass is 403 g/mol. The molecule has 0 unspecified atom stereocenters. The minimum Gasteiger partial charge on any atom is -0.379 e. The number of carbonyl (C=O) groups excluding carboxylic acids is 2. The Hall–Kier alpha value is -1.68. The molecule has 26 heavy (non-hydrogen) atoms. The largest absolute Gasteiger partial charge is 0.379 e. The number of sulfonamides is 1. The molecule has 2 amide bonds. The zero-order valence-corrected chi connectivity index (χ0v) is 16.3. The van der Waals surface area contributed by atoms with Crippen molar-refractivity contribution in [2.75, 3.05) is 45.2 Å². The lowest BCUT2D eigenvalue weighted by molar-refractivity contribution is -0.133. The summed E-state index contributed by atoms with van der Waals surface area (Å²) in [6.45, 7) is 2.73. The van der Waals surface area contributed by atoms with Crippen molar-refractivity contribution in [1.82, 2.24) is 9.21 Å². The Balaban J connectivity index is 2.16. The zero-order valence-electron chi connectivity index (χ0n) is 14.7. The highest BCUT2D eigenvalue weighted by atomic mass is 35.5. The molecule has 144 valence electrons. The van der Waals surface area contributed by atoms with E-state index in [1.807, 2.05) is 0 Å². The molecular formula is C16H22ClN3O5S. The normalized spacial score (nSPS) is 15.5. The van der Waals surface area contributed by atoms with Crippen molar-refractivity contribution in [3.8, 4) is 0 Å². The van der Waals surface area contributed by atoms with Gasteiger partial charge in [-0.2, -0.15) is 4.31 Å². The molecule has 0 bridgehead atoms. The van der Waals surface area contributed by atoms with Crippen LogP contribution in [0.2, 0.25) is 5.02 Å². The van der Waals surface area contributed by atoms with Crippen LogP contribution in [-0.2, 0) is 24.3 Å². The number of amides is 2. The summed E-state index contributed by atoms with van der Waals surface area (Å²) in [7, 11) is -2.26. The van der Waals surface area contributed by atoms with Gasteiger partial charge in [0, 0.05) is 32.2 Å². The quantitative estimate of drug-likeness (QED) is 0.769. The van der Waals surface area contributed by atoms with Crippen molar-refractivity contribution in [3.63, 3.8) is 0 Å². The summed E-state index contributed by atoms with van der Waals surface area (Å²) in [4.78, 5) is 24.8. The molecule has 1 aliphatic heterocycles. The first kappa shape index (κ1) is 20.6. The molecular weight excluding hydrogens is 382 g/mol. The second-order valence-corrected chi connectivity index (χ2v) is 8.13. The van der Waals surface area contributed by atoms with Crippen molar-refractivity contribution in [2.45, 2.75) is 18.2 Å². The molecule has 1 N–H and O–H groups in total. The molecule has 1 saturated heterocycles. The summed E-state index contributed by atoms with van der Waals surface area (Å²) >= 11 is 6.08. The lowest BCUT2D eigenvalue weighted by Gasteiger charge is -2.26. The number of nitrogens with zero attached hydrogens (tertiary/aromatic N) is 2. The van der Waals surface area contributed by atoms with Gasteiger partial charge in [-0.3, -0.25) is 9.59 Å². The minimum absolute atomic E-state index is 0.0724. The van der Waals surface area contributed by atoms with Crippen LogP contribution < -0.4 is 5.32 Å². The van der Waals surface area contributed by atoms with E-state index in [1.165, 1.54) is 34.5 Å². The van der Waals surface area contributed by atoms with E-state index in [0.717, 1.165) is 0 Å². The molecule has 0 radical (unpaired) electrons. The van der Waals surface area contributed by atoms with Gasteiger partial charge in [-0.25, -0.2) is 8.42 Å². The molecule has 1 fully saturated rings. The number of nitrogens with one attached hydrogen (secondary N) is 1. The van der Waals surface area contributed by atoms with Gasteiger partial charge < -0.3 is 15.0 Å². The maximum atomic E-state index is 12.8. The van der Waals surface area contributed by atoms with Crippen LogP contribution in [-0.4, -0.2) is 69.3 Å². The van der Waals surface area contributed by atoms with Crippen LogP contribution >= 0.6 is 11.6 Å². The maximum absolute atomic E-state index is 12.8. The molecule has 0 aromatic heterocycles. The Morgan fingerprint density at radius 2 is 1.96 bits per heavy atom. The maximum Gasteiger partial charge on any atom is 0.244 e. The van der Waals surface area contributed by atoms with E-state index in [0.29, 0.717) is 25.3 Å². The zero-order chi connectivity index (χ0) is 19.3. The van der Waals surface area contributed by atoms with Crippen LogP contribution in [0.3, 0.4) is 0 Å². The summed E-state index contributed by atoms with van der Waals surface area (Å²) in [6, 6.07) is 4.26. The van der Waals surface area contributed by atoms with Gasteiger partial charge in [-0.1, -0.05) is 18.5 Å². The second kappa shape index (κ2) is 8.81. The third-order valence-corrected chi connectivity index (χ3v) is 6.29. The van der Waals surface area contributed by atoms with Gasteiger partial charge in [0.05, 0.1) is 24.8 Å². The number of anilines is 1. The van der Waals surface area contributed by atoms with Gasteiger partial charge in [-0.05, 0) is 18.2 Å². The third-order valence-electron chi connectivity index (χ3n) is 3.91. The van der Waals surface area contributed by atoms with Crippen molar-refractivity contribution < 1.29 is 22.7 Å². The average Bonchev–Trinajstić information content (AvgIpc) is 2.63. The Kier molecular flexibility index (Phi) is 6.99. The summed E-state index contributed by atoms with van der Waals surface area (Å²) in [6.07, 6.45) is 0.298. The minimum atomic E-state index is -3.79. The molecule has 8 nitrogen and oxygen atoms in total. The SMILES string of the molecule is CCC(=O)N(C)CC(=O)Nc1ccc(Cl)c(S(=O)(=O)N2CCOCC2)c1. The Bertz CT molecular complexity index is 778. The van der Waals surface area contributed by atoms with Crippen LogP contribution in [0, 0.1) is 0 Å². The Morgan fingerprint density at radius 3 is 2.58 bits per heavy atom. The number of morpholine rings is 1. The van der Waals surface area contributed by atoms with Gasteiger partial charge in [0.15, 0.2) is 0 Å². The number of halogens is 1. The molecule has 0 saturated carbocycles. The molecule has 1 aliphatic rings. The number of benzene rings is 1. The lowest BCUT2D eigenvalue weighted by Crippen LogP contribution is -2.40. The van der Waals surface area contributed by atoms with Gasteiger partial charge >= 0.3 is 0 Å². The summed E-state index contributed by atoms with van der Waals surface area (Å²) < 4.78 is 32.0. The van der Waals surface area contributed by atoms with Gasteiger partial charge in [-0.15, -0.1) is 0 Å². The van der Waals surface area contributed by atoms with Crippen LogP contribution in [0.25, 0.3) is 0 Å². The Morgan fingerprint density at radius 1 is 1.31 bits per heavy atom. The molecule has 1 aromatic carbocycles. The van der Waals surface area contributed by atoms with Gasteiger partial charge in [0.2, 0.25) is 21.8 Å². The summed E-state index contributed by atoms with van der Waals surface area (Å²) in [5.74, 6) is -0.585. The van der Waals surface area contributed by atoms with E-state index in [-0.39, 0.29) is 35.5 Å². The summed E-state index contributed by atoms with van der Waals surface area (Å²) in [5, 5.41) is 2.67. The highest BCUT2D eigenvalue weighted by Crippen LogP contribution is 2.28. The van der Waals surface area contributed by atoms with E-state index in [2.05, 4.69) is 5.32 Å². The van der Waals surface area contributed by atoms with E-state index >= 15 is 0 Å². The van der Waals surface area contributed by atoms with Crippen LogP contribution in [0.5, 0.6) is 0 Å². The highest BCUT2D eigenvalue weighted by Gasteiger charge is 2.28. The van der Waals surface area contributed by atoms with Crippen molar-refractivity contribution in [2.24, 2.45) is 0 Å². The van der Waals surface area contributed by atoms with E-state index < -0.39 is 15.9 Å². The number of hydrogen-bond acceptors (Lipinski definition) is 5. The summed E-state index contributed by atoms with van der Waals surface area (Å²) in [5.41, 5.74) is 0.295. The molecule has 1 heterocycles. The fraction of sp³-hybridized carbons (Fsp3) is 0.500. The molecule has 2 rings (SSSR count). The topological polar surface area (TPSA) is 96.0 Å². The molecule has 0 spiro atoms. The molecule has 1 aromatic rings. The predicted octanol–water partition coefficient (Wildman–Crippen LogP) is 1.17. The standard InChI is InChI=1S/C16H22ClN3O5S/c1-3-16(22)19(2)11-15(21)18-12-4-5-13(17)14(10-12)26(23,24)20-6-8-25-9-7-20/h4-5,10H,3,6-9,11H2,1-2H3,(H,18,21). The van der Waals surface area contributed by atoms with Crippen molar-refractivity contribution >= 4 is 39.1 Å². The molecule has 0 aliphatic carbocycles. The molecule has 10 heteroatoms. The number of ether oxygens (including phenoxy) is 1. The lowest BCUT2D eigenvalue weighted by atomic mass is 10.3. The first-order valence-corrected chi connectivity index (χ1v) is 9.98. The van der Waals surface area contributed by atoms with E-state index in [4.69, 9.17) is 16.3 Å². The molecule has 0 atom stereocenters. The second-order valence-electron chi connectivity index (χ2n) is 5.81. The average molecular weight is 404 g/mol. The number of carbonyl (C=O) groups is 2. The van der Waals surface area contributed by atoms with E-state index in [1.54, 1.807) is 6.92 Å². The van der Waals surface area contributed by atoms with Crippen LogP contribution in [0.15, 0.2) is 23.1 Å². The fourth-order valence-corrected chi connectivity index (χ4v) is 4.39. The highest BCUT2D eigenvalue weighted by molar-refractivity contribution is 7.89. The van der Waals surface area contributed by atoms with E-state index in [9.17, 15) is 18.0 Å².